The van der Waals surface area contributed by atoms with Crippen LogP contribution in [-0.2, 0) is 9.59 Å². The molecule has 0 aromatic carbocycles. The third kappa shape index (κ3) is 2.58. The molecule has 0 aliphatic rings. The van der Waals surface area contributed by atoms with Crippen molar-refractivity contribution in [3.8, 4) is 0 Å². The molecule has 5 heteroatoms. The Morgan fingerprint density at radius 1 is 1.25 bits per heavy atom. The molecule has 1 atom stereocenters. The summed E-state index contributed by atoms with van der Waals surface area (Å²) in [5.41, 5.74) is 0.274. The molecule has 0 saturated heterocycles. The van der Waals surface area contributed by atoms with Crippen LogP contribution < -0.4 is 0 Å². The van der Waals surface area contributed by atoms with Gasteiger partial charge in [0.15, 0.2) is 0 Å². The van der Waals surface area contributed by atoms with E-state index in [1.807, 2.05) is 0 Å². The molecule has 0 amide bonds. The smallest absolute Gasteiger partial charge is 0.331 e. The van der Waals surface area contributed by atoms with Crippen LogP contribution in [0.3, 0.4) is 0 Å². The van der Waals surface area contributed by atoms with Crippen molar-refractivity contribution in [1.82, 2.24) is 0 Å². The lowest BCUT2D eigenvalue weighted by Gasteiger charge is -2.07. The first-order valence-electron chi connectivity index (χ1n) is 3.19. The molecule has 0 saturated carbocycles. The number of aliphatic carboxylic acids is 2. The quantitative estimate of drug-likeness (QED) is 0.454. The van der Waals surface area contributed by atoms with Gasteiger partial charge in [0, 0.05) is 5.57 Å². The van der Waals surface area contributed by atoms with Gasteiger partial charge >= 0.3 is 11.9 Å². The minimum Gasteiger partial charge on any atom is -0.480 e. The average Bonchev–Trinajstić information content (AvgIpc) is 2.00. The molecule has 0 heterocycles. The maximum atomic E-state index is 10.4. The summed E-state index contributed by atoms with van der Waals surface area (Å²) in [6.07, 6.45) is 0. The summed E-state index contributed by atoms with van der Waals surface area (Å²) in [7, 11) is 0. The van der Waals surface area contributed by atoms with Crippen molar-refractivity contribution in [2.75, 3.05) is 0 Å². The Morgan fingerprint density at radius 2 is 1.67 bits per heavy atom. The minimum atomic E-state index is -1.14. The number of hydrogen-bond donors (Lipinski definition) is 3. The molecule has 0 aromatic heterocycles. The van der Waals surface area contributed by atoms with E-state index in [1.165, 1.54) is 13.8 Å². The first-order chi connectivity index (χ1) is 5.37. The molecule has 0 bridgehead atoms. The molecule has 0 rings (SSSR count). The molecule has 0 aliphatic heterocycles. The Balaban J connectivity index is 4.78. The zero-order valence-corrected chi connectivity index (χ0v) is 7.63. The SMILES string of the molecule is CC(C(=O)O)=C(C)C(S)C(=O)O. The average molecular weight is 190 g/mol. The van der Waals surface area contributed by atoms with Crippen molar-refractivity contribution in [3.63, 3.8) is 0 Å². The second-order valence-corrected chi connectivity index (χ2v) is 2.87. The monoisotopic (exact) mass is 190 g/mol. The second-order valence-electron chi connectivity index (χ2n) is 2.35. The number of thiol groups is 1. The highest BCUT2D eigenvalue weighted by molar-refractivity contribution is 7.82. The lowest BCUT2D eigenvalue weighted by molar-refractivity contribution is -0.135. The van der Waals surface area contributed by atoms with Crippen molar-refractivity contribution in [2.24, 2.45) is 0 Å². The molecule has 0 fully saturated rings. The van der Waals surface area contributed by atoms with E-state index >= 15 is 0 Å². The van der Waals surface area contributed by atoms with E-state index in [9.17, 15) is 9.59 Å². The molecule has 1 unspecified atom stereocenters. The Hall–Kier alpha value is -0.970. The van der Waals surface area contributed by atoms with Gasteiger partial charge in [-0.15, -0.1) is 0 Å². The maximum Gasteiger partial charge on any atom is 0.331 e. The third-order valence-electron chi connectivity index (χ3n) is 1.56. The van der Waals surface area contributed by atoms with Crippen LogP contribution >= 0.6 is 12.6 Å². The van der Waals surface area contributed by atoms with Crippen LogP contribution in [0.1, 0.15) is 13.8 Å². The van der Waals surface area contributed by atoms with Gasteiger partial charge in [0.2, 0.25) is 0 Å². The van der Waals surface area contributed by atoms with E-state index in [1.54, 1.807) is 0 Å². The zero-order chi connectivity index (χ0) is 9.89. The molecule has 0 radical (unpaired) electrons. The van der Waals surface area contributed by atoms with Gasteiger partial charge in [-0.25, -0.2) is 4.79 Å². The van der Waals surface area contributed by atoms with Crippen LogP contribution in [0.4, 0.5) is 0 Å². The van der Waals surface area contributed by atoms with Crippen LogP contribution in [0.2, 0.25) is 0 Å². The standard InChI is InChI=1S/C7H10O4S/c1-3(4(2)6(8)9)5(12)7(10)11/h5,12H,1-2H3,(H,8,9)(H,10,11). The second kappa shape index (κ2) is 4.15. The number of hydrogen-bond acceptors (Lipinski definition) is 3. The largest absolute Gasteiger partial charge is 0.480 e. The Morgan fingerprint density at radius 3 is 1.92 bits per heavy atom. The van der Waals surface area contributed by atoms with Gasteiger partial charge in [-0.05, 0) is 19.4 Å². The fraction of sp³-hybridized carbons (Fsp3) is 0.429. The number of rotatable bonds is 3. The van der Waals surface area contributed by atoms with E-state index < -0.39 is 17.2 Å². The van der Waals surface area contributed by atoms with Gasteiger partial charge in [-0.3, -0.25) is 4.79 Å². The highest BCUT2D eigenvalue weighted by Crippen LogP contribution is 2.13. The topological polar surface area (TPSA) is 74.6 Å². The van der Waals surface area contributed by atoms with Crippen molar-refractivity contribution in [1.29, 1.82) is 0 Å². The van der Waals surface area contributed by atoms with Crippen molar-refractivity contribution in [2.45, 2.75) is 19.1 Å². The molecule has 0 spiro atoms. The van der Waals surface area contributed by atoms with Gasteiger partial charge in [-0.2, -0.15) is 12.6 Å². The summed E-state index contributed by atoms with van der Waals surface area (Å²) >= 11 is 3.73. The Bertz CT molecular complexity index is 244. The lowest BCUT2D eigenvalue weighted by Crippen LogP contribution is -2.17. The molecule has 0 aliphatic carbocycles. The lowest BCUT2D eigenvalue weighted by atomic mass is 10.1. The van der Waals surface area contributed by atoms with Gasteiger partial charge in [0.05, 0.1) is 0 Å². The molecular weight excluding hydrogens is 180 g/mol. The first-order valence-corrected chi connectivity index (χ1v) is 3.71. The molecule has 12 heavy (non-hydrogen) atoms. The summed E-state index contributed by atoms with van der Waals surface area (Å²) in [4.78, 5) is 20.7. The van der Waals surface area contributed by atoms with Gasteiger partial charge in [-0.1, -0.05) is 0 Å². The summed E-state index contributed by atoms with van der Waals surface area (Å²) in [5, 5.41) is 15.9. The molecule has 68 valence electrons. The van der Waals surface area contributed by atoms with Gasteiger partial charge in [0.1, 0.15) is 5.25 Å². The van der Waals surface area contributed by atoms with Crippen molar-refractivity contribution >= 4 is 24.6 Å². The highest BCUT2D eigenvalue weighted by Gasteiger charge is 2.18. The van der Waals surface area contributed by atoms with Crippen molar-refractivity contribution in [3.05, 3.63) is 11.1 Å². The van der Waals surface area contributed by atoms with E-state index in [2.05, 4.69) is 12.6 Å². The van der Waals surface area contributed by atoms with Gasteiger partial charge in [0.25, 0.3) is 0 Å². The Kier molecular flexibility index (Phi) is 3.82. The summed E-state index contributed by atoms with van der Waals surface area (Å²) in [6, 6.07) is 0. The molecule has 2 N–H and O–H groups in total. The fourth-order valence-corrected chi connectivity index (χ4v) is 0.753. The minimum absolute atomic E-state index is 0.0254. The van der Waals surface area contributed by atoms with Crippen LogP contribution in [-0.4, -0.2) is 27.4 Å². The van der Waals surface area contributed by atoms with Crippen LogP contribution in [0, 0.1) is 0 Å². The first kappa shape index (κ1) is 11.0. The van der Waals surface area contributed by atoms with Crippen LogP contribution in [0.15, 0.2) is 11.1 Å². The normalized spacial score (nSPS) is 14.9. The predicted molar refractivity (Wildman–Crippen MR) is 46.4 cm³/mol. The summed E-state index contributed by atoms with van der Waals surface area (Å²) in [6.45, 7) is 2.79. The number of carbonyl (C=O) groups is 2. The molecule has 4 nitrogen and oxygen atoms in total. The van der Waals surface area contributed by atoms with Crippen molar-refractivity contribution < 1.29 is 19.8 Å². The van der Waals surface area contributed by atoms with Gasteiger partial charge < -0.3 is 10.2 Å². The number of carboxylic acid groups (broad SMARTS) is 2. The van der Waals surface area contributed by atoms with Crippen LogP contribution in [0.5, 0.6) is 0 Å². The third-order valence-corrected chi connectivity index (χ3v) is 2.16. The molecule has 0 aromatic rings. The number of carboxylic acids is 2. The van der Waals surface area contributed by atoms with E-state index in [0.29, 0.717) is 0 Å². The van der Waals surface area contributed by atoms with E-state index in [4.69, 9.17) is 10.2 Å². The van der Waals surface area contributed by atoms with E-state index in [0.717, 1.165) is 0 Å². The maximum absolute atomic E-state index is 10.4. The van der Waals surface area contributed by atoms with Crippen LogP contribution in [0.25, 0.3) is 0 Å². The van der Waals surface area contributed by atoms with E-state index in [-0.39, 0.29) is 11.1 Å². The summed E-state index contributed by atoms with van der Waals surface area (Å²) in [5.74, 6) is -2.26. The Labute approximate surface area is 75.3 Å². The summed E-state index contributed by atoms with van der Waals surface area (Å²) < 4.78 is 0. The fourth-order valence-electron chi connectivity index (χ4n) is 0.559. The molecular formula is C7H10O4S. The highest BCUT2D eigenvalue weighted by atomic mass is 32.1. The predicted octanol–water partition coefficient (Wildman–Crippen LogP) is 0.790. The zero-order valence-electron chi connectivity index (χ0n) is 6.74.